The maximum Gasteiger partial charge on any atom is 0.358 e. The third kappa shape index (κ3) is 2.40. The number of carboxylic acid groups (broad SMARTS) is 1. The average Bonchev–Trinajstić information content (AvgIpc) is 3.11. The van der Waals surface area contributed by atoms with Crippen LogP contribution in [0.1, 0.15) is 34.9 Å². The highest BCUT2D eigenvalue weighted by Crippen LogP contribution is 2.42. The van der Waals surface area contributed by atoms with E-state index in [-0.39, 0.29) is 11.6 Å². The Kier molecular flexibility index (Phi) is 3.34. The van der Waals surface area contributed by atoms with E-state index in [1.807, 2.05) is 18.2 Å². The third-order valence-electron chi connectivity index (χ3n) is 3.02. The van der Waals surface area contributed by atoms with Gasteiger partial charge >= 0.3 is 5.97 Å². The molecule has 7 heteroatoms. The van der Waals surface area contributed by atoms with E-state index in [4.69, 9.17) is 0 Å². The second-order valence-electron chi connectivity index (χ2n) is 4.41. The van der Waals surface area contributed by atoms with Gasteiger partial charge in [-0.3, -0.25) is 0 Å². The molecule has 1 heterocycles. The van der Waals surface area contributed by atoms with Gasteiger partial charge in [0.2, 0.25) is 0 Å². The summed E-state index contributed by atoms with van der Waals surface area (Å²) in [5.41, 5.74) is 1.63. The zero-order chi connectivity index (χ0) is 13.6. The highest BCUT2D eigenvalue weighted by molar-refractivity contribution is 14.1. The fourth-order valence-corrected chi connectivity index (χ4v) is 2.72. The molecule has 0 saturated heterocycles. The normalized spacial score (nSPS) is 14.6. The molecular formula is C12H9BrIN3O2. The summed E-state index contributed by atoms with van der Waals surface area (Å²) in [6.07, 6.45) is 2.00. The Bertz CT molecular complexity index is 667. The number of carbonyl (C=O) groups is 1. The lowest BCUT2D eigenvalue weighted by atomic mass is 10.2. The minimum atomic E-state index is -1.01. The molecule has 1 saturated carbocycles. The van der Waals surface area contributed by atoms with Gasteiger partial charge in [0.15, 0.2) is 5.69 Å². The monoisotopic (exact) mass is 433 g/mol. The topological polar surface area (TPSA) is 68.0 Å². The molecule has 5 nitrogen and oxygen atoms in total. The van der Waals surface area contributed by atoms with Crippen LogP contribution in [0.25, 0.3) is 5.69 Å². The van der Waals surface area contributed by atoms with Gasteiger partial charge < -0.3 is 5.11 Å². The molecule has 1 N–H and O–H groups in total. The number of carboxylic acids is 1. The molecule has 1 aromatic heterocycles. The Morgan fingerprint density at radius 3 is 2.79 bits per heavy atom. The van der Waals surface area contributed by atoms with Crippen molar-refractivity contribution in [3.63, 3.8) is 0 Å². The lowest BCUT2D eigenvalue weighted by Gasteiger charge is -2.07. The van der Waals surface area contributed by atoms with Crippen molar-refractivity contribution in [1.82, 2.24) is 15.0 Å². The molecule has 2 aromatic rings. The number of aromatic carboxylic acids is 1. The van der Waals surface area contributed by atoms with Gasteiger partial charge in [0.05, 0.1) is 11.4 Å². The molecule has 0 radical (unpaired) electrons. The third-order valence-corrected chi connectivity index (χ3v) is 5.34. The van der Waals surface area contributed by atoms with Crippen LogP contribution in [0.5, 0.6) is 0 Å². The van der Waals surface area contributed by atoms with Crippen molar-refractivity contribution in [2.75, 3.05) is 0 Å². The van der Waals surface area contributed by atoms with Crippen molar-refractivity contribution < 1.29 is 9.90 Å². The summed E-state index contributed by atoms with van der Waals surface area (Å²) in [6, 6.07) is 5.78. The lowest BCUT2D eigenvalue weighted by Crippen LogP contribution is -2.06. The van der Waals surface area contributed by atoms with E-state index in [1.54, 1.807) is 4.68 Å². The van der Waals surface area contributed by atoms with Crippen molar-refractivity contribution >= 4 is 44.5 Å². The first-order chi connectivity index (χ1) is 9.08. The van der Waals surface area contributed by atoms with E-state index < -0.39 is 5.97 Å². The van der Waals surface area contributed by atoms with E-state index >= 15 is 0 Å². The van der Waals surface area contributed by atoms with Gasteiger partial charge in [-0.05, 0) is 69.6 Å². The second-order valence-corrected chi connectivity index (χ2v) is 6.43. The zero-order valence-electron chi connectivity index (χ0n) is 9.68. The van der Waals surface area contributed by atoms with Crippen LogP contribution < -0.4 is 0 Å². The van der Waals surface area contributed by atoms with Crippen LogP contribution in [0.2, 0.25) is 0 Å². The summed E-state index contributed by atoms with van der Waals surface area (Å²) in [7, 11) is 0. The van der Waals surface area contributed by atoms with Crippen molar-refractivity contribution in [2.45, 2.75) is 18.8 Å². The maximum absolute atomic E-state index is 11.2. The van der Waals surface area contributed by atoms with Crippen LogP contribution in [0.15, 0.2) is 22.7 Å². The molecule has 98 valence electrons. The van der Waals surface area contributed by atoms with Gasteiger partial charge in [0.1, 0.15) is 0 Å². The summed E-state index contributed by atoms with van der Waals surface area (Å²) in [6.45, 7) is 0. The first kappa shape index (κ1) is 13.0. The number of halogens is 2. The first-order valence-corrected chi connectivity index (χ1v) is 7.59. The van der Waals surface area contributed by atoms with Crippen molar-refractivity contribution in [2.24, 2.45) is 0 Å². The maximum atomic E-state index is 11.2. The molecule has 0 amide bonds. The molecular weight excluding hydrogens is 425 g/mol. The van der Waals surface area contributed by atoms with Crippen LogP contribution in [0, 0.1) is 3.57 Å². The standard InChI is InChI=1S/C12H9BrIN3O2/c13-8-4-3-7(5-9(8)14)17-11(6-1-2-6)10(12(18)19)15-16-17/h3-6H,1-2H2,(H,18,19). The Morgan fingerprint density at radius 1 is 1.47 bits per heavy atom. The van der Waals surface area contributed by atoms with Gasteiger partial charge in [-0.25, -0.2) is 9.48 Å². The van der Waals surface area contributed by atoms with E-state index in [9.17, 15) is 9.90 Å². The summed E-state index contributed by atoms with van der Waals surface area (Å²) in [5, 5.41) is 17.0. The second kappa shape index (κ2) is 4.86. The minimum absolute atomic E-state index is 0.0698. The number of nitrogens with zero attached hydrogens (tertiary/aromatic N) is 3. The highest BCUT2D eigenvalue weighted by Gasteiger charge is 2.34. The van der Waals surface area contributed by atoms with Crippen molar-refractivity contribution in [3.8, 4) is 5.69 Å². The van der Waals surface area contributed by atoms with Crippen molar-refractivity contribution in [3.05, 3.63) is 37.6 Å². The molecule has 1 aliphatic rings. The fraction of sp³-hybridized carbons (Fsp3) is 0.250. The van der Waals surface area contributed by atoms with Crippen molar-refractivity contribution in [1.29, 1.82) is 0 Å². The Balaban J connectivity index is 2.14. The molecule has 0 atom stereocenters. The average molecular weight is 434 g/mol. The molecule has 0 bridgehead atoms. The molecule has 1 aliphatic carbocycles. The molecule has 1 fully saturated rings. The highest BCUT2D eigenvalue weighted by atomic mass is 127. The zero-order valence-corrected chi connectivity index (χ0v) is 13.4. The van der Waals surface area contributed by atoms with Gasteiger partial charge in [-0.1, -0.05) is 5.21 Å². The fourth-order valence-electron chi connectivity index (χ4n) is 1.97. The molecule has 3 rings (SSSR count). The van der Waals surface area contributed by atoms with Crippen LogP contribution in [0.4, 0.5) is 0 Å². The SMILES string of the molecule is O=C(O)c1nnn(-c2ccc(Br)c(I)c2)c1C1CC1. The van der Waals surface area contributed by atoms with Gasteiger partial charge in [-0.2, -0.15) is 0 Å². The van der Waals surface area contributed by atoms with E-state index in [1.165, 1.54) is 0 Å². The number of rotatable bonds is 3. The lowest BCUT2D eigenvalue weighted by molar-refractivity contribution is 0.0689. The summed E-state index contributed by atoms with van der Waals surface area (Å²) in [4.78, 5) is 11.2. The molecule has 1 aromatic carbocycles. The van der Waals surface area contributed by atoms with E-state index in [0.29, 0.717) is 5.69 Å². The predicted molar refractivity (Wildman–Crippen MR) is 80.7 cm³/mol. The van der Waals surface area contributed by atoms with Crippen LogP contribution in [-0.2, 0) is 0 Å². The van der Waals surface area contributed by atoms with Crippen LogP contribution >= 0.6 is 38.5 Å². The number of hydrogen-bond donors (Lipinski definition) is 1. The minimum Gasteiger partial charge on any atom is -0.476 e. The summed E-state index contributed by atoms with van der Waals surface area (Å²) >= 11 is 5.66. The predicted octanol–water partition coefficient (Wildman–Crippen LogP) is 3.21. The van der Waals surface area contributed by atoms with Gasteiger partial charge in [0, 0.05) is 14.0 Å². The number of hydrogen-bond acceptors (Lipinski definition) is 3. The molecule has 0 aliphatic heterocycles. The number of aromatic nitrogens is 3. The molecule has 0 spiro atoms. The van der Waals surface area contributed by atoms with E-state index in [2.05, 4.69) is 48.8 Å². The van der Waals surface area contributed by atoms with Gasteiger partial charge in [-0.15, -0.1) is 5.10 Å². The largest absolute Gasteiger partial charge is 0.476 e. The van der Waals surface area contributed by atoms with Crippen LogP contribution in [-0.4, -0.2) is 26.1 Å². The Morgan fingerprint density at radius 2 is 2.21 bits per heavy atom. The first-order valence-electron chi connectivity index (χ1n) is 5.72. The summed E-state index contributed by atoms with van der Waals surface area (Å²) < 4.78 is 3.70. The smallest absolute Gasteiger partial charge is 0.358 e. The quantitative estimate of drug-likeness (QED) is 0.754. The molecule has 19 heavy (non-hydrogen) atoms. The van der Waals surface area contributed by atoms with E-state index in [0.717, 1.165) is 26.6 Å². The van der Waals surface area contributed by atoms with Crippen LogP contribution in [0.3, 0.4) is 0 Å². The Hall–Kier alpha value is -0.960. The molecule has 0 unspecified atom stereocenters. The Labute approximate surface area is 131 Å². The van der Waals surface area contributed by atoms with Gasteiger partial charge in [0.25, 0.3) is 0 Å². The summed E-state index contributed by atoms with van der Waals surface area (Å²) in [5.74, 6) is -0.748. The number of benzene rings is 1.